The summed E-state index contributed by atoms with van der Waals surface area (Å²) in [5.41, 5.74) is 8.46. The molecule has 3 aromatic rings. The van der Waals surface area contributed by atoms with Crippen LogP contribution in [0.25, 0.3) is 28.0 Å². The van der Waals surface area contributed by atoms with Crippen molar-refractivity contribution in [1.29, 1.82) is 0 Å². The highest BCUT2D eigenvalue weighted by molar-refractivity contribution is 5.91. The monoisotopic (exact) mass is 385 g/mol. The average Bonchev–Trinajstić information content (AvgIpc) is 3.38. The molecule has 1 saturated heterocycles. The Hall–Kier alpha value is -2.98. The van der Waals surface area contributed by atoms with Gasteiger partial charge in [-0.25, -0.2) is 4.39 Å². The molecule has 1 N–H and O–H groups in total. The summed E-state index contributed by atoms with van der Waals surface area (Å²) in [5, 5.41) is 0. The molecule has 4 heteroatoms. The van der Waals surface area contributed by atoms with E-state index in [1.165, 1.54) is 34.4 Å². The van der Waals surface area contributed by atoms with Gasteiger partial charge in [-0.15, -0.1) is 0 Å². The first-order valence-corrected chi connectivity index (χ1v) is 10.2. The normalized spacial score (nSPS) is 20.7. The standard InChI is InChI=1S/C25H24FN3/c1-2-17-13-22-14-20(9-12-29(22)16-17)23-15-28-25(19-3-5-21(26)6-4-19)24(23)18-7-10-27-11-8-18/h2-8,10-11,14-15,22,28H,9,12-13,16H2,1H3/b17-2-. The van der Waals surface area contributed by atoms with E-state index >= 15 is 0 Å². The predicted octanol–water partition coefficient (Wildman–Crippen LogP) is 5.69. The Morgan fingerprint density at radius 1 is 1.10 bits per heavy atom. The second-order valence-electron chi connectivity index (χ2n) is 7.83. The van der Waals surface area contributed by atoms with Crippen molar-refractivity contribution in [3.8, 4) is 22.4 Å². The third-order valence-electron chi connectivity index (χ3n) is 6.14. The first-order chi connectivity index (χ1) is 14.2. The van der Waals surface area contributed by atoms with Crippen LogP contribution in [0.5, 0.6) is 0 Å². The van der Waals surface area contributed by atoms with Crippen LogP contribution in [0.3, 0.4) is 0 Å². The van der Waals surface area contributed by atoms with Gasteiger partial charge < -0.3 is 4.98 Å². The van der Waals surface area contributed by atoms with E-state index in [-0.39, 0.29) is 5.82 Å². The molecule has 2 aliphatic rings. The summed E-state index contributed by atoms with van der Waals surface area (Å²) in [6, 6.07) is 11.3. The molecule has 0 saturated carbocycles. The maximum atomic E-state index is 13.5. The van der Waals surface area contributed by atoms with Gasteiger partial charge in [-0.05, 0) is 72.9 Å². The molecule has 0 aliphatic carbocycles. The van der Waals surface area contributed by atoms with Crippen molar-refractivity contribution < 1.29 is 4.39 Å². The van der Waals surface area contributed by atoms with Gasteiger partial charge >= 0.3 is 0 Å². The van der Waals surface area contributed by atoms with E-state index in [9.17, 15) is 4.39 Å². The number of halogens is 1. The lowest BCUT2D eigenvalue weighted by Gasteiger charge is -2.28. The molecule has 4 heterocycles. The van der Waals surface area contributed by atoms with Crippen molar-refractivity contribution in [3.05, 3.63) is 84.1 Å². The lowest BCUT2D eigenvalue weighted by Crippen LogP contribution is -2.32. The molecule has 1 atom stereocenters. The van der Waals surface area contributed by atoms with Crippen LogP contribution in [0.2, 0.25) is 0 Å². The zero-order valence-electron chi connectivity index (χ0n) is 16.5. The highest BCUT2D eigenvalue weighted by Crippen LogP contribution is 2.41. The second-order valence-corrected chi connectivity index (χ2v) is 7.83. The molecule has 5 rings (SSSR count). The number of aromatic amines is 1. The maximum Gasteiger partial charge on any atom is 0.123 e. The van der Waals surface area contributed by atoms with Gasteiger partial charge in [-0.2, -0.15) is 0 Å². The van der Waals surface area contributed by atoms with E-state index in [0.29, 0.717) is 6.04 Å². The Bertz CT molecular complexity index is 1080. The smallest absolute Gasteiger partial charge is 0.123 e. The first kappa shape index (κ1) is 18.1. The number of rotatable bonds is 3. The number of aromatic nitrogens is 2. The summed E-state index contributed by atoms with van der Waals surface area (Å²) in [5.74, 6) is -0.220. The van der Waals surface area contributed by atoms with Gasteiger partial charge in [0.15, 0.2) is 0 Å². The fourth-order valence-electron chi connectivity index (χ4n) is 4.60. The van der Waals surface area contributed by atoms with Crippen molar-refractivity contribution in [3.63, 3.8) is 0 Å². The van der Waals surface area contributed by atoms with Crippen LogP contribution >= 0.6 is 0 Å². The molecule has 0 bridgehead atoms. The Kier molecular flexibility index (Phi) is 4.64. The van der Waals surface area contributed by atoms with Crippen molar-refractivity contribution in [1.82, 2.24) is 14.9 Å². The molecule has 146 valence electrons. The van der Waals surface area contributed by atoms with Gasteiger partial charge in [0.2, 0.25) is 0 Å². The maximum absolute atomic E-state index is 13.5. The van der Waals surface area contributed by atoms with Gasteiger partial charge in [0.1, 0.15) is 5.82 Å². The van der Waals surface area contributed by atoms with E-state index in [1.807, 2.05) is 36.7 Å². The molecule has 0 radical (unpaired) electrons. The Morgan fingerprint density at radius 2 is 1.90 bits per heavy atom. The molecule has 1 aromatic carbocycles. The van der Waals surface area contributed by atoms with Gasteiger partial charge in [-0.3, -0.25) is 9.88 Å². The minimum absolute atomic E-state index is 0.220. The molecule has 29 heavy (non-hydrogen) atoms. The van der Waals surface area contributed by atoms with E-state index < -0.39 is 0 Å². The summed E-state index contributed by atoms with van der Waals surface area (Å²) in [7, 11) is 0. The Morgan fingerprint density at radius 3 is 2.66 bits per heavy atom. The van der Waals surface area contributed by atoms with Crippen LogP contribution in [-0.2, 0) is 0 Å². The number of fused-ring (bicyclic) bond motifs is 1. The van der Waals surface area contributed by atoms with Crippen LogP contribution in [0.15, 0.2) is 72.7 Å². The summed E-state index contributed by atoms with van der Waals surface area (Å²) in [6.07, 6.45) is 12.6. The summed E-state index contributed by atoms with van der Waals surface area (Å²) in [4.78, 5) is 10.2. The SMILES string of the molecule is C/C=C1/CC2C=C(c3c[nH]c(-c4ccc(F)cc4)c3-c3ccncc3)CCN2C1. The topological polar surface area (TPSA) is 31.9 Å². The molecular weight excluding hydrogens is 361 g/mol. The molecule has 0 spiro atoms. The van der Waals surface area contributed by atoms with Crippen molar-refractivity contribution in [2.24, 2.45) is 0 Å². The van der Waals surface area contributed by atoms with Crippen molar-refractivity contribution in [2.75, 3.05) is 13.1 Å². The van der Waals surface area contributed by atoms with Gasteiger partial charge in [0, 0.05) is 48.8 Å². The summed E-state index contributed by atoms with van der Waals surface area (Å²) >= 11 is 0. The highest BCUT2D eigenvalue weighted by Gasteiger charge is 2.30. The van der Waals surface area contributed by atoms with Crippen LogP contribution in [0.1, 0.15) is 25.3 Å². The summed E-state index contributed by atoms with van der Waals surface area (Å²) in [6.45, 7) is 4.32. The third kappa shape index (κ3) is 3.34. The van der Waals surface area contributed by atoms with E-state index in [0.717, 1.165) is 42.8 Å². The quantitative estimate of drug-likeness (QED) is 0.587. The molecule has 0 amide bonds. The highest BCUT2D eigenvalue weighted by atomic mass is 19.1. The first-order valence-electron chi connectivity index (χ1n) is 10.2. The molecule has 2 aliphatic heterocycles. The van der Waals surface area contributed by atoms with Crippen LogP contribution < -0.4 is 0 Å². The molecule has 3 nitrogen and oxygen atoms in total. The van der Waals surface area contributed by atoms with Crippen molar-refractivity contribution in [2.45, 2.75) is 25.8 Å². The largest absolute Gasteiger partial charge is 0.360 e. The molecular formula is C25H24FN3. The summed E-state index contributed by atoms with van der Waals surface area (Å²) < 4.78 is 13.5. The van der Waals surface area contributed by atoms with E-state index in [1.54, 1.807) is 0 Å². The number of pyridine rings is 1. The van der Waals surface area contributed by atoms with E-state index in [2.05, 4.69) is 40.1 Å². The number of benzene rings is 1. The lowest BCUT2D eigenvalue weighted by atomic mass is 9.90. The predicted molar refractivity (Wildman–Crippen MR) is 116 cm³/mol. The fraction of sp³-hybridized carbons (Fsp3) is 0.240. The fourth-order valence-corrected chi connectivity index (χ4v) is 4.60. The van der Waals surface area contributed by atoms with Crippen LogP contribution in [-0.4, -0.2) is 34.0 Å². The number of nitrogens with zero attached hydrogens (tertiary/aromatic N) is 2. The average molecular weight is 385 g/mol. The third-order valence-corrected chi connectivity index (χ3v) is 6.14. The zero-order valence-corrected chi connectivity index (χ0v) is 16.5. The molecule has 2 aromatic heterocycles. The number of nitrogens with one attached hydrogen (secondary N) is 1. The Labute approximate surface area is 170 Å². The molecule has 1 fully saturated rings. The van der Waals surface area contributed by atoms with Gasteiger partial charge in [-0.1, -0.05) is 17.7 Å². The van der Waals surface area contributed by atoms with Crippen molar-refractivity contribution >= 4 is 5.57 Å². The Balaban J connectivity index is 1.61. The van der Waals surface area contributed by atoms with Gasteiger partial charge in [0.25, 0.3) is 0 Å². The second kappa shape index (κ2) is 7.45. The number of hydrogen-bond donors (Lipinski definition) is 1. The van der Waals surface area contributed by atoms with Crippen LogP contribution in [0.4, 0.5) is 4.39 Å². The van der Waals surface area contributed by atoms with Crippen LogP contribution in [0, 0.1) is 5.82 Å². The lowest BCUT2D eigenvalue weighted by molar-refractivity contribution is 0.290. The van der Waals surface area contributed by atoms with Gasteiger partial charge in [0.05, 0.1) is 5.69 Å². The minimum Gasteiger partial charge on any atom is -0.360 e. The number of allylic oxidation sites excluding steroid dienone is 1. The minimum atomic E-state index is -0.220. The van der Waals surface area contributed by atoms with E-state index in [4.69, 9.17) is 0 Å². The number of hydrogen-bond acceptors (Lipinski definition) is 2. The zero-order chi connectivity index (χ0) is 19.8. The number of H-pyrrole nitrogens is 1. The molecule has 1 unspecified atom stereocenters.